The van der Waals surface area contributed by atoms with Gasteiger partial charge in [0.25, 0.3) is 0 Å². The number of piperazine rings is 1. The van der Waals surface area contributed by atoms with E-state index in [0.717, 1.165) is 38.2 Å². The fraction of sp³-hybridized carbons (Fsp3) is 0.600. The normalized spacial score (nSPS) is 23.5. The number of hydrogen-bond acceptors (Lipinski definition) is 3. The third-order valence-electron chi connectivity index (χ3n) is 3.91. The van der Waals surface area contributed by atoms with Gasteiger partial charge in [-0.05, 0) is 38.1 Å². The summed E-state index contributed by atoms with van der Waals surface area (Å²) in [4.78, 5) is 4.82. The Bertz CT molecular complexity index is 396. The predicted molar refractivity (Wildman–Crippen MR) is 79.6 cm³/mol. The Labute approximate surface area is 120 Å². The van der Waals surface area contributed by atoms with Gasteiger partial charge in [0.15, 0.2) is 0 Å². The van der Waals surface area contributed by atoms with Crippen molar-refractivity contribution in [1.82, 2.24) is 9.80 Å². The van der Waals surface area contributed by atoms with E-state index < -0.39 is 6.10 Å². The van der Waals surface area contributed by atoms with E-state index in [1.54, 1.807) is 0 Å². The van der Waals surface area contributed by atoms with Crippen LogP contribution >= 0.6 is 11.6 Å². The summed E-state index contributed by atoms with van der Waals surface area (Å²) >= 11 is 5.85. The molecule has 2 rings (SSSR count). The number of likely N-dealkylation sites (N-methyl/N-ethyl adjacent to an activating group) is 1. The number of rotatable bonds is 4. The average Bonchev–Trinajstić information content (AvgIpc) is 2.38. The topological polar surface area (TPSA) is 26.7 Å². The van der Waals surface area contributed by atoms with Gasteiger partial charge in [-0.2, -0.15) is 0 Å². The van der Waals surface area contributed by atoms with Gasteiger partial charge in [-0.25, -0.2) is 0 Å². The molecular weight excluding hydrogens is 260 g/mol. The van der Waals surface area contributed by atoms with Gasteiger partial charge in [0.2, 0.25) is 0 Å². The van der Waals surface area contributed by atoms with Crippen molar-refractivity contribution in [1.29, 1.82) is 0 Å². The number of hydrogen-bond donors (Lipinski definition) is 1. The third kappa shape index (κ3) is 4.18. The lowest BCUT2D eigenvalue weighted by Crippen LogP contribution is -2.50. The Morgan fingerprint density at radius 1 is 1.32 bits per heavy atom. The van der Waals surface area contributed by atoms with E-state index in [-0.39, 0.29) is 0 Å². The maximum atomic E-state index is 10.2. The molecule has 0 amide bonds. The van der Waals surface area contributed by atoms with Gasteiger partial charge in [-0.3, -0.25) is 4.90 Å². The van der Waals surface area contributed by atoms with Crippen molar-refractivity contribution in [2.45, 2.75) is 25.5 Å². The number of nitrogens with zero attached hydrogens (tertiary/aromatic N) is 2. The quantitative estimate of drug-likeness (QED) is 0.919. The zero-order chi connectivity index (χ0) is 13.8. The van der Waals surface area contributed by atoms with Crippen molar-refractivity contribution in [3.05, 3.63) is 34.9 Å². The molecule has 0 spiro atoms. The number of aliphatic hydroxyl groups is 1. The second kappa shape index (κ2) is 6.71. The van der Waals surface area contributed by atoms with Gasteiger partial charge in [0, 0.05) is 37.2 Å². The minimum atomic E-state index is -0.399. The van der Waals surface area contributed by atoms with E-state index >= 15 is 0 Å². The van der Waals surface area contributed by atoms with Crippen LogP contribution in [0.1, 0.15) is 25.0 Å². The summed E-state index contributed by atoms with van der Waals surface area (Å²) in [6.07, 6.45) is 0.375. The standard InChI is InChI=1S/C15H23ClN2O/c1-12-11-17(2)9-10-18(12)8-7-15(19)13-3-5-14(16)6-4-13/h3-6,12,15,19H,7-11H2,1-2H3. The third-order valence-corrected chi connectivity index (χ3v) is 4.16. The molecular formula is C15H23ClN2O. The first-order valence-corrected chi connectivity index (χ1v) is 7.30. The summed E-state index contributed by atoms with van der Waals surface area (Å²) < 4.78 is 0. The highest BCUT2D eigenvalue weighted by Crippen LogP contribution is 2.20. The number of halogens is 1. The molecule has 0 bridgehead atoms. The molecule has 1 N–H and O–H groups in total. The number of benzene rings is 1. The Morgan fingerprint density at radius 3 is 2.63 bits per heavy atom. The Kier molecular flexibility index (Phi) is 5.22. The number of aliphatic hydroxyl groups excluding tert-OH is 1. The van der Waals surface area contributed by atoms with E-state index in [4.69, 9.17) is 11.6 Å². The van der Waals surface area contributed by atoms with E-state index in [1.807, 2.05) is 24.3 Å². The molecule has 106 valence electrons. The Balaban J connectivity index is 1.83. The SMILES string of the molecule is CC1CN(C)CCN1CCC(O)c1ccc(Cl)cc1. The highest BCUT2D eigenvalue weighted by atomic mass is 35.5. The lowest BCUT2D eigenvalue weighted by Gasteiger charge is -2.38. The highest BCUT2D eigenvalue weighted by molar-refractivity contribution is 6.30. The first kappa shape index (κ1) is 14.8. The van der Waals surface area contributed by atoms with Crippen molar-refractivity contribution < 1.29 is 5.11 Å². The van der Waals surface area contributed by atoms with Crippen molar-refractivity contribution in [3.8, 4) is 0 Å². The molecule has 0 radical (unpaired) electrons. The van der Waals surface area contributed by atoms with Crippen LogP contribution in [0, 0.1) is 0 Å². The van der Waals surface area contributed by atoms with E-state index in [1.165, 1.54) is 0 Å². The molecule has 1 aliphatic heterocycles. The van der Waals surface area contributed by atoms with Crippen LogP contribution in [0.15, 0.2) is 24.3 Å². The average molecular weight is 283 g/mol. The second-order valence-corrected chi connectivity index (χ2v) is 5.94. The molecule has 1 saturated heterocycles. The summed E-state index contributed by atoms with van der Waals surface area (Å²) in [6.45, 7) is 6.51. The molecule has 19 heavy (non-hydrogen) atoms. The van der Waals surface area contributed by atoms with Gasteiger partial charge in [-0.1, -0.05) is 23.7 Å². The maximum Gasteiger partial charge on any atom is 0.0802 e. The summed E-state index contributed by atoms with van der Waals surface area (Å²) in [6, 6.07) is 8.04. The lowest BCUT2D eigenvalue weighted by atomic mass is 10.1. The molecule has 4 heteroatoms. The highest BCUT2D eigenvalue weighted by Gasteiger charge is 2.21. The molecule has 1 aromatic carbocycles. The van der Waals surface area contributed by atoms with Crippen molar-refractivity contribution in [2.75, 3.05) is 33.2 Å². The molecule has 1 aromatic rings. The summed E-state index contributed by atoms with van der Waals surface area (Å²) in [7, 11) is 2.16. The van der Waals surface area contributed by atoms with Gasteiger partial charge < -0.3 is 10.0 Å². The first-order chi connectivity index (χ1) is 9.06. The maximum absolute atomic E-state index is 10.2. The molecule has 1 fully saturated rings. The van der Waals surface area contributed by atoms with Gasteiger partial charge >= 0.3 is 0 Å². The fourth-order valence-corrected chi connectivity index (χ4v) is 2.78. The van der Waals surface area contributed by atoms with E-state index in [2.05, 4.69) is 23.8 Å². The fourth-order valence-electron chi connectivity index (χ4n) is 2.65. The van der Waals surface area contributed by atoms with Crippen LogP contribution in [0.4, 0.5) is 0 Å². The smallest absolute Gasteiger partial charge is 0.0802 e. The first-order valence-electron chi connectivity index (χ1n) is 6.92. The molecule has 2 unspecified atom stereocenters. The van der Waals surface area contributed by atoms with Gasteiger partial charge in [0.05, 0.1) is 6.10 Å². The van der Waals surface area contributed by atoms with Crippen LogP contribution in [0.2, 0.25) is 5.02 Å². The van der Waals surface area contributed by atoms with Crippen molar-refractivity contribution in [2.24, 2.45) is 0 Å². The summed E-state index contributed by atoms with van der Waals surface area (Å²) in [5, 5.41) is 10.9. The summed E-state index contributed by atoms with van der Waals surface area (Å²) in [5.41, 5.74) is 0.950. The van der Waals surface area contributed by atoms with Gasteiger partial charge in [0.1, 0.15) is 0 Å². The molecule has 0 saturated carbocycles. The molecule has 1 aliphatic rings. The molecule has 2 atom stereocenters. The van der Waals surface area contributed by atoms with Crippen LogP contribution in [-0.2, 0) is 0 Å². The molecule has 1 heterocycles. The van der Waals surface area contributed by atoms with Gasteiger partial charge in [-0.15, -0.1) is 0 Å². The second-order valence-electron chi connectivity index (χ2n) is 5.50. The monoisotopic (exact) mass is 282 g/mol. The van der Waals surface area contributed by atoms with Crippen LogP contribution < -0.4 is 0 Å². The van der Waals surface area contributed by atoms with E-state index in [9.17, 15) is 5.11 Å². The Morgan fingerprint density at radius 2 is 2.00 bits per heavy atom. The van der Waals surface area contributed by atoms with Crippen molar-refractivity contribution in [3.63, 3.8) is 0 Å². The molecule has 0 aliphatic carbocycles. The molecule has 0 aromatic heterocycles. The van der Waals surface area contributed by atoms with Crippen LogP contribution in [0.5, 0.6) is 0 Å². The minimum Gasteiger partial charge on any atom is -0.388 e. The zero-order valence-corrected chi connectivity index (χ0v) is 12.5. The minimum absolute atomic E-state index is 0.399. The van der Waals surface area contributed by atoms with Crippen molar-refractivity contribution >= 4 is 11.6 Å². The van der Waals surface area contributed by atoms with E-state index in [0.29, 0.717) is 11.1 Å². The predicted octanol–water partition coefficient (Wildman–Crippen LogP) is 2.40. The molecule has 3 nitrogen and oxygen atoms in total. The lowest BCUT2D eigenvalue weighted by molar-refractivity contribution is 0.0770. The summed E-state index contributed by atoms with van der Waals surface area (Å²) in [5.74, 6) is 0. The zero-order valence-electron chi connectivity index (χ0n) is 11.7. The largest absolute Gasteiger partial charge is 0.388 e. The van der Waals surface area contributed by atoms with Crippen LogP contribution in [0.3, 0.4) is 0 Å². The van der Waals surface area contributed by atoms with Crippen LogP contribution in [0.25, 0.3) is 0 Å². The Hall–Kier alpha value is -0.610. The van der Waals surface area contributed by atoms with Crippen LogP contribution in [-0.4, -0.2) is 54.2 Å².